The van der Waals surface area contributed by atoms with Crippen molar-refractivity contribution in [1.82, 2.24) is 14.9 Å². The Hall–Kier alpha value is -2.70. The van der Waals surface area contributed by atoms with Crippen molar-refractivity contribution in [3.8, 4) is 5.75 Å². The van der Waals surface area contributed by atoms with E-state index in [2.05, 4.69) is 28.7 Å². The number of aryl methyl sites for hydroxylation is 1. The lowest BCUT2D eigenvalue weighted by atomic mass is 9.90. The highest BCUT2D eigenvalue weighted by atomic mass is 19.1. The van der Waals surface area contributed by atoms with Crippen LogP contribution < -0.4 is 9.64 Å². The monoisotopic (exact) mass is 496 g/mol. The smallest absolute Gasteiger partial charge is 0.226 e. The third-order valence-corrected chi connectivity index (χ3v) is 7.76. The second kappa shape index (κ2) is 12.0. The number of halogens is 1. The fourth-order valence-corrected chi connectivity index (χ4v) is 5.22. The lowest BCUT2D eigenvalue weighted by Gasteiger charge is -2.32. The fraction of sp³-hybridized carbons (Fsp3) is 0.621. The van der Waals surface area contributed by atoms with Crippen molar-refractivity contribution < 1.29 is 13.9 Å². The maximum Gasteiger partial charge on any atom is 0.226 e. The number of carbonyl (C=O) groups is 1. The molecule has 0 radical (unpaired) electrons. The maximum atomic E-state index is 14.6. The second-order valence-electron chi connectivity index (χ2n) is 11.1. The lowest BCUT2D eigenvalue weighted by molar-refractivity contribution is -0.129. The standard InChI is InChI=1S/C29H41FN4O2/c1-20(2)7-11-33(4)28(35)16-24-5-6-25(17-27(24)30)36-14-10-23-15-26(23)22-8-12-34(13-9-22)29-31-18-21(3)19-32-29/h5-6,17-20,22-23,26H,7-16H2,1-4H3/t23-,26-/m1/s1. The van der Waals surface area contributed by atoms with Crippen LogP contribution in [0.4, 0.5) is 10.3 Å². The average Bonchev–Trinajstić information content (AvgIpc) is 3.64. The number of hydrogen-bond acceptors (Lipinski definition) is 5. The number of piperidine rings is 1. The molecular formula is C29H41FN4O2. The van der Waals surface area contributed by atoms with Crippen molar-refractivity contribution in [2.45, 2.75) is 59.3 Å². The van der Waals surface area contributed by atoms with Gasteiger partial charge in [0, 0.05) is 45.1 Å². The van der Waals surface area contributed by atoms with E-state index in [-0.39, 0.29) is 18.1 Å². The summed E-state index contributed by atoms with van der Waals surface area (Å²) in [6.45, 7) is 9.62. The number of carbonyl (C=O) groups excluding carboxylic acids is 1. The third-order valence-electron chi connectivity index (χ3n) is 7.76. The molecule has 2 heterocycles. The highest BCUT2D eigenvalue weighted by Gasteiger charge is 2.43. The Morgan fingerprint density at radius 3 is 2.61 bits per heavy atom. The molecule has 2 fully saturated rings. The Morgan fingerprint density at radius 2 is 1.94 bits per heavy atom. The summed E-state index contributed by atoms with van der Waals surface area (Å²) >= 11 is 0. The summed E-state index contributed by atoms with van der Waals surface area (Å²) < 4.78 is 20.5. The Balaban J connectivity index is 1.15. The van der Waals surface area contributed by atoms with Gasteiger partial charge in [-0.15, -0.1) is 0 Å². The van der Waals surface area contributed by atoms with Gasteiger partial charge in [0.15, 0.2) is 0 Å². The van der Waals surface area contributed by atoms with Crippen molar-refractivity contribution in [1.29, 1.82) is 0 Å². The highest BCUT2D eigenvalue weighted by Crippen LogP contribution is 2.49. The first-order chi connectivity index (χ1) is 17.3. The molecule has 1 amide bonds. The zero-order chi connectivity index (χ0) is 25.7. The van der Waals surface area contributed by atoms with Crippen LogP contribution >= 0.6 is 0 Å². The summed E-state index contributed by atoms with van der Waals surface area (Å²) in [7, 11) is 1.78. The topological polar surface area (TPSA) is 58.6 Å². The minimum atomic E-state index is -0.369. The van der Waals surface area contributed by atoms with E-state index in [1.54, 1.807) is 24.1 Å². The Morgan fingerprint density at radius 1 is 1.22 bits per heavy atom. The van der Waals surface area contributed by atoms with Gasteiger partial charge in [-0.25, -0.2) is 14.4 Å². The highest BCUT2D eigenvalue weighted by molar-refractivity contribution is 5.78. The molecule has 1 saturated heterocycles. The first-order valence-corrected chi connectivity index (χ1v) is 13.5. The van der Waals surface area contributed by atoms with E-state index >= 15 is 0 Å². The quantitative estimate of drug-likeness (QED) is 0.423. The van der Waals surface area contributed by atoms with Crippen molar-refractivity contribution in [3.63, 3.8) is 0 Å². The first kappa shape index (κ1) is 26.4. The molecule has 2 atom stereocenters. The van der Waals surface area contributed by atoms with Gasteiger partial charge in [-0.05, 0) is 79.9 Å². The zero-order valence-corrected chi connectivity index (χ0v) is 22.3. The van der Waals surface area contributed by atoms with E-state index in [1.807, 2.05) is 19.3 Å². The predicted molar refractivity (Wildman–Crippen MR) is 141 cm³/mol. The number of benzene rings is 1. The number of rotatable bonds is 11. The molecule has 1 aromatic carbocycles. The molecule has 4 rings (SSSR count). The minimum absolute atomic E-state index is 0.0554. The van der Waals surface area contributed by atoms with E-state index in [0.29, 0.717) is 36.3 Å². The molecule has 0 spiro atoms. The van der Waals surface area contributed by atoms with Crippen LogP contribution in [0.2, 0.25) is 0 Å². The molecule has 196 valence electrons. The summed E-state index contributed by atoms with van der Waals surface area (Å²) in [6.07, 6.45) is 9.47. The molecule has 0 N–H and O–H groups in total. The van der Waals surface area contributed by atoms with Gasteiger partial charge in [0.25, 0.3) is 0 Å². The average molecular weight is 497 g/mol. The van der Waals surface area contributed by atoms with Crippen LogP contribution in [0.3, 0.4) is 0 Å². The van der Waals surface area contributed by atoms with Gasteiger partial charge >= 0.3 is 0 Å². The van der Waals surface area contributed by atoms with Gasteiger partial charge in [-0.1, -0.05) is 19.9 Å². The van der Waals surface area contributed by atoms with Crippen molar-refractivity contribution in [3.05, 3.63) is 47.5 Å². The van der Waals surface area contributed by atoms with E-state index in [1.165, 1.54) is 25.3 Å². The lowest BCUT2D eigenvalue weighted by Crippen LogP contribution is -2.35. The molecule has 0 bridgehead atoms. The zero-order valence-electron chi connectivity index (χ0n) is 22.3. The summed E-state index contributed by atoms with van der Waals surface area (Å²) in [6, 6.07) is 4.89. The second-order valence-corrected chi connectivity index (χ2v) is 11.1. The Bertz CT molecular complexity index is 1000. The van der Waals surface area contributed by atoms with Gasteiger partial charge in [0.05, 0.1) is 13.0 Å². The fourth-order valence-electron chi connectivity index (χ4n) is 5.22. The molecule has 1 aliphatic heterocycles. The third kappa shape index (κ3) is 7.17. The molecule has 6 nitrogen and oxygen atoms in total. The number of ether oxygens (including phenoxy) is 1. The first-order valence-electron chi connectivity index (χ1n) is 13.5. The van der Waals surface area contributed by atoms with Gasteiger partial charge in [0.2, 0.25) is 11.9 Å². The van der Waals surface area contributed by atoms with Crippen LogP contribution in [0.25, 0.3) is 0 Å². The molecule has 1 aliphatic carbocycles. The number of aromatic nitrogens is 2. The van der Waals surface area contributed by atoms with Crippen LogP contribution in [0.1, 0.15) is 57.1 Å². The van der Waals surface area contributed by atoms with Crippen LogP contribution in [0.5, 0.6) is 5.75 Å². The van der Waals surface area contributed by atoms with Gasteiger partial charge in [-0.3, -0.25) is 4.79 Å². The molecule has 36 heavy (non-hydrogen) atoms. The summed E-state index contributed by atoms with van der Waals surface area (Å²) in [5.41, 5.74) is 1.51. The summed E-state index contributed by atoms with van der Waals surface area (Å²) in [5.74, 6) is 3.76. The number of likely N-dealkylation sites (N-methyl/N-ethyl adjacent to an activating group) is 1. The molecule has 7 heteroatoms. The Labute approximate surface area is 215 Å². The van der Waals surface area contributed by atoms with E-state index in [9.17, 15) is 9.18 Å². The molecule has 0 unspecified atom stereocenters. The summed E-state index contributed by atoms with van der Waals surface area (Å²) in [5, 5.41) is 0. The minimum Gasteiger partial charge on any atom is -0.493 e. The summed E-state index contributed by atoms with van der Waals surface area (Å²) in [4.78, 5) is 25.3. The van der Waals surface area contributed by atoms with Crippen LogP contribution in [-0.4, -0.2) is 54.1 Å². The molecule has 1 saturated carbocycles. The predicted octanol–water partition coefficient (Wildman–Crippen LogP) is 5.29. The van der Waals surface area contributed by atoms with E-state index < -0.39 is 0 Å². The SMILES string of the molecule is Cc1cnc(N2CCC([C@H]3C[C@H]3CCOc3ccc(CC(=O)N(C)CCC(C)C)c(F)c3)CC2)nc1. The molecule has 1 aromatic heterocycles. The van der Waals surface area contributed by atoms with E-state index in [0.717, 1.165) is 49.3 Å². The maximum absolute atomic E-state index is 14.6. The molecular weight excluding hydrogens is 455 g/mol. The number of anilines is 1. The molecule has 2 aromatic rings. The Kier molecular flexibility index (Phi) is 8.81. The number of amides is 1. The van der Waals surface area contributed by atoms with Gasteiger partial charge in [0.1, 0.15) is 11.6 Å². The normalized spacial score (nSPS) is 20.0. The van der Waals surface area contributed by atoms with Crippen LogP contribution in [-0.2, 0) is 11.2 Å². The number of hydrogen-bond donors (Lipinski definition) is 0. The van der Waals surface area contributed by atoms with Crippen molar-refractivity contribution in [2.75, 3.05) is 38.2 Å². The van der Waals surface area contributed by atoms with Crippen molar-refractivity contribution in [2.24, 2.45) is 23.7 Å². The van der Waals surface area contributed by atoms with Crippen molar-refractivity contribution >= 4 is 11.9 Å². The molecule has 2 aliphatic rings. The van der Waals surface area contributed by atoms with Crippen LogP contribution in [0.15, 0.2) is 30.6 Å². The largest absolute Gasteiger partial charge is 0.493 e. The number of nitrogens with zero attached hydrogens (tertiary/aromatic N) is 4. The van der Waals surface area contributed by atoms with Gasteiger partial charge in [-0.2, -0.15) is 0 Å². The van der Waals surface area contributed by atoms with Gasteiger partial charge < -0.3 is 14.5 Å². The van der Waals surface area contributed by atoms with Crippen LogP contribution in [0, 0.1) is 36.4 Å². The van der Waals surface area contributed by atoms with E-state index in [4.69, 9.17) is 4.74 Å².